The summed E-state index contributed by atoms with van der Waals surface area (Å²) in [6.07, 6.45) is 1.60. The normalized spacial score (nSPS) is 14.0. The predicted molar refractivity (Wildman–Crippen MR) is 114 cm³/mol. The molecule has 1 aromatic heterocycles. The summed E-state index contributed by atoms with van der Waals surface area (Å²) in [4.78, 5) is 25.3. The first-order valence-corrected chi connectivity index (χ1v) is 9.92. The van der Waals surface area contributed by atoms with Gasteiger partial charge in [0, 0.05) is 48.0 Å². The molecule has 2 heterocycles. The van der Waals surface area contributed by atoms with Crippen molar-refractivity contribution in [1.82, 2.24) is 14.9 Å². The van der Waals surface area contributed by atoms with Gasteiger partial charge in [-0.15, -0.1) is 0 Å². The highest BCUT2D eigenvalue weighted by molar-refractivity contribution is 9.10. The molecule has 2 amide bonds. The number of hydrogen-bond donors (Lipinski definition) is 1. The molecule has 1 aliphatic rings. The molecule has 0 bridgehead atoms. The van der Waals surface area contributed by atoms with E-state index in [1.807, 2.05) is 65.6 Å². The minimum absolute atomic E-state index is 0.0783. The van der Waals surface area contributed by atoms with Crippen LogP contribution in [0.15, 0.2) is 71.5 Å². The summed E-state index contributed by atoms with van der Waals surface area (Å²) in [6.45, 7) is 2.75. The lowest BCUT2D eigenvalue weighted by molar-refractivity contribution is 0.208. The van der Waals surface area contributed by atoms with Gasteiger partial charge < -0.3 is 15.1 Å². The lowest BCUT2D eigenvalue weighted by Crippen LogP contribution is -2.50. The minimum atomic E-state index is -0.0783. The molecule has 7 heteroatoms. The fraction of sp³-hybridized carbons (Fsp3) is 0.190. The number of carbonyl (C=O) groups excluding carboxylic acids is 1. The van der Waals surface area contributed by atoms with Crippen LogP contribution < -0.4 is 10.2 Å². The van der Waals surface area contributed by atoms with E-state index in [-0.39, 0.29) is 6.03 Å². The second kappa shape index (κ2) is 8.39. The Hall–Kier alpha value is -2.93. The fourth-order valence-electron chi connectivity index (χ4n) is 3.19. The molecule has 0 unspecified atom stereocenters. The number of urea groups is 1. The van der Waals surface area contributed by atoms with E-state index in [1.54, 1.807) is 6.33 Å². The smallest absolute Gasteiger partial charge is 0.321 e. The van der Waals surface area contributed by atoms with Gasteiger partial charge in [-0.1, -0.05) is 52.3 Å². The van der Waals surface area contributed by atoms with Crippen molar-refractivity contribution < 1.29 is 4.79 Å². The zero-order valence-electron chi connectivity index (χ0n) is 15.3. The Morgan fingerprint density at radius 3 is 2.46 bits per heavy atom. The van der Waals surface area contributed by atoms with E-state index < -0.39 is 0 Å². The Balaban J connectivity index is 1.38. The number of nitrogens with zero attached hydrogens (tertiary/aromatic N) is 4. The molecule has 3 aromatic rings. The first-order valence-electron chi connectivity index (χ1n) is 9.13. The van der Waals surface area contributed by atoms with Gasteiger partial charge in [0.1, 0.15) is 12.1 Å². The van der Waals surface area contributed by atoms with Crippen LogP contribution in [0.2, 0.25) is 0 Å². The third kappa shape index (κ3) is 4.31. The molecule has 1 saturated heterocycles. The van der Waals surface area contributed by atoms with Crippen molar-refractivity contribution in [3.63, 3.8) is 0 Å². The molecule has 0 spiro atoms. The zero-order valence-corrected chi connectivity index (χ0v) is 16.8. The zero-order chi connectivity index (χ0) is 19.3. The molecule has 0 aliphatic carbocycles. The highest BCUT2D eigenvalue weighted by Crippen LogP contribution is 2.22. The Bertz CT molecular complexity index is 958. The fourth-order valence-corrected chi connectivity index (χ4v) is 3.59. The topological polar surface area (TPSA) is 61.4 Å². The van der Waals surface area contributed by atoms with Gasteiger partial charge in [0.05, 0.1) is 5.69 Å². The van der Waals surface area contributed by atoms with Gasteiger partial charge in [-0.05, 0) is 18.2 Å². The number of anilines is 2. The van der Waals surface area contributed by atoms with Crippen molar-refractivity contribution in [2.45, 2.75) is 0 Å². The van der Waals surface area contributed by atoms with Crippen molar-refractivity contribution in [1.29, 1.82) is 0 Å². The van der Waals surface area contributed by atoms with Crippen LogP contribution in [0.25, 0.3) is 11.3 Å². The second-order valence-corrected chi connectivity index (χ2v) is 7.46. The third-order valence-electron chi connectivity index (χ3n) is 4.69. The molecule has 1 N–H and O–H groups in total. The molecule has 28 heavy (non-hydrogen) atoms. The van der Waals surface area contributed by atoms with Crippen LogP contribution in [0.3, 0.4) is 0 Å². The molecule has 142 valence electrons. The average molecular weight is 438 g/mol. The second-order valence-electron chi connectivity index (χ2n) is 6.54. The van der Waals surface area contributed by atoms with Gasteiger partial charge in [0.25, 0.3) is 0 Å². The summed E-state index contributed by atoms with van der Waals surface area (Å²) in [5.74, 6) is 0.890. The highest BCUT2D eigenvalue weighted by atomic mass is 79.9. The number of amides is 2. The number of piperazine rings is 1. The SMILES string of the molecule is O=C(Nc1cccc(Br)c1)N1CCN(c2cc(-c3ccccc3)ncn2)CC1. The summed E-state index contributed by atoms with van der Waals surface area (Å²) < 4.78 is 0.938. The van der Waals surface area contributed by atoms with Gasteiger partial charge in [-0.25, -0.2) is 14.8 Å². The molecule has 4 rings (SSSR count). The minimum Gasteiger partial charge on any atom is -0.353 e. The van der Waals surface area contributed by atoms with Crippen LogP contribution in [0.1, 0.15) is 0 Å². The Labute approximate surface area is 172 Å². The third-order valence-corrected chi connectivity index (χ3v) is 5.18. The van der Waals surface area contributed by atoms with Crippen LogP contribution in [0.5, 0.6) is 0 Å². The number of carbonyl (C=O) groups is 1. The number of benzene rings is 2. The van der Waals surface area contributed by atoms with Gasteiger partial charge in [0.2, 0.25) is 0 Å². The standard InChI is InChI=1S/C21H20BrN5O/c22-17-7-4-8-18(13-17)25-21(28)27-11-9-26(10-12-27)20-14-19(23-15-24-20)16-5-2-1-3-6-16/h1-8,13-15H,9-12H2,(H,25,28). The Morgan fingerprint density at radius 2 is 1.71 bits per heavy atom. The van der Waals surface area contributed by atoms with Crippen LogP contribution in [-0.2, 0) is 0 Å². The van der Waals surface area contributed by atoms with Crippen molar-refractivity contribution in [3.8, 4) is 11.3 Å². The molecular weight excluding hydrogens is 418 g/mol. The maximum Gasteiger partial charge on any atom is 0.321 e. The average Bonchev–Trinajstić information content (AvgIpc) is 2.75. The summed E-state index contributed by atoms with van der Waals surface area (Å²) in [5, 5.41) is 2.95. The molecular formula is C21H20BrN5O. The summed E-state index contributed by atoms with van der Waals surface area (Å²) >= 11 is 3.42. The van der Waals surface area contributed by atoms with Crippen molar-refractivity contribution in [2.75, 3.05) is 36.4 Å². The van der Waals surface area contributed by atoms with Gasteiger partial charge in [-0.3, -0.25) is 0 Å². The lowest BCUT2D eigenvalue weighted by Gasteiger charge is -2.35. The van der Waals surface area contributed by atoms with E-state index in [0.29, 0.717) is 13.1 Å². The first kappa shape index (κ1) is 18.4. The van der Waals surface area contributed by atoms with Gasteiger partial charge in [0.15, 0.2) is 0 Å². The monoisotopic (exact) mass is 437 g/mol. The van der Waals surface area contributed by atoms with E-state index in [4.69, 9.17) is 0 Å². The molecule has 0 saturated carbocycles. The van der Waals surface area contributed by atoms with Crippen LogP contribution in [0.4, 0.5) is 16.3 Å². The molecule has 0 radical (unpaired) electrons. The number of nitrogens with one attached hydrogen (secondary N) is 1. The van der Waals surface area contributed by atoms with Gasteiger partial charge in [-0.2, -0.15) is 0 Å². The Kier molecular flexibility index (Phi) is 5.53. The molecule has 0 atom stereocenters. The van der Waals surface area contributed by atoms with Crippen LogP contribution >= 0.6 is 15.9 Å². The highest BCUT2D eigenvalue weighted by Gasteiger charge is 2.22. The lowest BCUT2D eigenvalue weighted by atomic mass is 10.1. The largest absolute Gasteiger partial charge is 0.353 e. The Morgan fingerprint density at radius 1 is 0.929 bits per heavy atom. The number of aromatic nitrogens is 2. The van der Waals surface area contributed by atoms with E-state index in [0.717, 1.165) is 40.3 Å². The molecule has 1 fully saturated rings. The number of rotatable bonds is 3. The number of halogens is 1. The molecule has 2 aromatic carbocycles. The summed E-state index contributed by atoms with van der Waals surface area (Å²) in [5.41, 5.74) is 2.75. The quantitative estimate of drug-likeness (QED) is 0.664. The van der Waals surface area contributed by atoms with Crippen molar-refractivity contribution >= 4 is 33.5 Å². The van der Waals surface area contributed by atoms with Crippen molar-refractivity contribution in [3.05, 3.63) is 71.5 Å². The maximum atomic E-state index is 12.5. The number of hydrogen-bond acceptors (Lipinski definition) is 4. The van der Waals surface area contributed by atoms with Crippen LogP contribution in [0, 0.1) is 0 Å². The van der Waals surface area contributed by atoms with E-state index >= 15 is 0 Å². The summed E-state index contributed by atoms with van der Waals surface area (Å²) in [7, 11) is 0. The van der Waals surface area contributed by atoms with E-state index in [9.17, 15) is 4.79 Å². The van der Waals surface area contributed by atoms with Gasteiger partial charge >= 0.3 is 6.03 Å². The summed E-state index contributed by atoms with van der Waals surface area (Å²) in [6, 6.07) is 19.6. The predicted octanol–water partition coefficient (Wildman–Crippen LogP) is 4.26. The first-order chi connectivity index (χ1) is 13.7. The molecule has 6 nitrogen and oxygen atoms in total. The van der Waals surface area contributed by atoms with E-state index in [1.165, 1.54) is 0 Å². The van der Waals surface area contributed by atoms with E-state index in [2.05, 4.69) is 36.1 Å². The van der Waals surface area contributed by atoms with Crippen LogP contribution in [-0.4, -0.2) is 47.1 Å². The molecule has 1 aliphatic heterocycles. The van der Waals surface area contributed by atoms with Crippen molar-refractivity contribution in [2.24, 2.45) is 0 Å². The maximum absolute atomic E-state index is 12.5.